The van der Waals surface area contributed by atoms with E-state index in [1.54, 1.807) is 24.3 Å². The van der Waals surface area contributed by atoms with Gasteiger partial charge in [0.1, 0.15) is 0 Å². The maximum absolute atomic E-state index is 11.8. The van der Waals surface area contributed by atoms with Crippen molar-refractivity contribution >= 4 is 53.1 Å². The van der Waals surface area contributed by atoms with Crippen LogP contribution in [0.1, 0.15) is 32.1 Å². The van der Waals surface area contributed by atoms with E-state index in [2.05, 4.69) is 15.2 Å². The zero-order valence-electron chi connectivity index (χ0n) is 13.1. The highest BCUT2D eigenvalue weighted by Gasteiger charge is 2.11. The molecule has 2 rings (SSSR count). The highest BCUT2D eigenvalue weighted by molar-refractivity contribution is 14.0. The van der Waals surface area contributed by atoms with Gasteiger partial charge in [0.15, 0.2) is 5.96 Å². The lowest BCUT2D eigenvalue weighted by atomic mass is 10.1. The van der Waals surface area contributed by atoms with Crippen molar-refractivity contribution in [2.75, 3.05) is 25.0 Å². The second kappa shape index (κ2) is 10.7. The second-order valence-electron chi connectivity index (χ2n) is 5.45. The molecule has 0 bridgehead atoms. The number of hydrogen-bond donors (Lipinski definition) is 2. The lowest BCUT2D eigenvalue weighted by molar-refractivity contribution is -0.116. The molecule has 23 heavy (non-hydrogen) atoms. The maximum Gasteiger partial charge on any atom is 0.224 e. The molecule has 1 amide bonds. The molecule has 1 saturated heterocycles. The first kappa shape index (κ1) is 20.0. The number of guanidine groups is 1. The molecule has 7 heteroatoms. The van der Waals surface area contributed by atoms with Crippen LogP contribution in [-0.4, -0.2) is 36.4 Å². The first-order valence-electron chi connectivity index (χ1n) is 7.75. The molecule has 1 aliphatic rings. The number of likely N-dealkylation sites (tertiary alicyclic amines) is 1. The fraction of sp³-hybridized carbons (Fsp3) is 0.500. The average Bonchev–Trinajstić information content (AvgIpc) is 2.54. The molecule has 0 aromatic heterocycles. The summed E-state index contributed by atoms with van der Waals surface area (Å²) in [6.07, 6.45) is 4.75. The molecule has 1 aromatic carbocycles. The maximum atomic E-state index is 11.8. The number of amides is 1. The van der Waals surface area contributed by atoms with Gasteiger partial charge < -0.3 is 16.0 Å². The van der Waals surface area contributed by atoms with Crippen molar-refractivity contribution in [3.8, 4) is 0 Å². The largest absolute Gasteiger partial charge is 0.370 e. The smallest absolute Gasteiger partial charge is 0.224 e. The Bertz CT molecular complexity index is 515. The van der Waals surface area contributed by atoms with E-state index in [0.717, 1.165) is 18.8 Å². The SMILES string of the molecule is I.NC(=NCCCC(=O)Nc1ccc(Cl)cc1)N1CCCCC1. The Morgan fingerprint density at radius 1 is 1.22 bits per heavy atom. The van der Waals surface area contributed by atoms with E-state index in [-0.39, 0.29) is 29.9 Å². The van der Waals surface area contributed by atoms with Gasteiger partial charge in [0.2, 0.25) is 5.91 Å². The topological polar surface area (TPSA) is 70.7 Å². The van der Waals surface area contributed by atoms with Crippen LogP contribution in [0.3, 0.4) is 0 Å². The van der Waals surface area contributed by atoms with Crippen LogP contribution in [0.25, 0.3) is 0 Å². The molecule has 1 fully saturated rings. The predicted molar refractivity (Wildman–Crippen MR) is 107 cm³/mol. The summed E-state index contributed by atoms with van der Waals surface area (Å²) in [7, 11) is 0. The van der Waals surface area contributed by atoms with Crippen molar-refractivity contribution < 1.29 is 4.79 Å². The zero-order valence-corrected chi connectivity index (χ0v) is 16.2. The van der Waals surface area contributed by atoms with Crippen LogP contribution in [0.2, 0.25) is 5.02 Å². The molecular weight excluding hydrogens is 427 g/mol. The van der Waals surface area contributed by atoms with Gasteiger partial charge in [0.05, 0.1) is 0 Å². The van der Waals surface area contributed by atoms with Crippen LogP contribution in [0.15, 0.2) is 29.3 Å². The number of hydrogen-bond acceptors (Lipinski definition) is 2. The lowest BCUT2D eigenvalue weighted by Gasteiger charge is -2.27. The summed E-state index contributed by atoms with van der Waals surface area (Å²) in [5.74, 6) is 0.590. The molecule has 1 aliphatic heterocycles. The van der Waals surface area contributed by atoms with Gasteiger partial charge in [-0.25, -0.2) is 0 Å². The molecule has 128 valence electrons. The molecule has 0 atom stereocenters. The molecule has 5 nitrogen and oxygen atoms in total. The van der Waals surface area contributed by atoms with E-state index in [1.807, 2.05) is 0 Å². The van der Waals surface area contributed by atoms with E-state index in [9.17, 15) is 4.79 Å². The van der Waals surface area contributed by atoms with E-state index in [0.29, 0.717) is 30.4 Å². The number of halogens is 2. The van der Waals surface area contributed by atoms with Crippen molar-refractivity contribution in [1.29, 1.82) is 0 Å². The average molecular weight is 451 g/mol. The van der Waals surface area contributed by atoms with Crippen molar-refractivity contribution in [3.05, 3.63) is 29.3 Å². The number of nitrogens with one attached hydrogen (secondary N) is 1. The third-order valence-corrected chi connectivity index (χ3v) is 3.90. The Morgan fingerprint density at radius 3 is 2.52 bits per heavy atom. The lowest BCUT2D eigenvalue weighted by Crippen LogP contribution is -2.40. The first-order valence-corrected chi connectivity index (χ1v) is 8.13. The van der Waals surface area contributed by atoms with Crippen LogP contribution in [0.4, 0.5) is 5.69 Å². The molecule has 0 spiro atoms. The number of piperidine rings is 1. The van der Waals surface area contributed by atoms with Crippen LogP contribution in [-0.2, 0) is 4.79 Å². The van der Waals surface area contributed by atoms with Gasteiger partial charge in [-0.05, 0) is 49.9 Å². The van der Waals surface area contributed by atoms with E-state index >= 15 is 0 Å². The summed E-state index contributed by atoms with van der Waals surface area (Å²) in [5.41, 5.74) is 6.72. The van der Waals surface area contributed by atoms with Crippen molar-refractivity contribution in [3.63, 3.8) is 0 Å². The van der Waals surface area contributed by atoms with Crippen molar-refractivity contribution in [2.24, 2.45) is 10.7 Å². The standard InChI is InChI=1S/C16H23ClN4O.HI/c17-13-6-8-14(9-7-13)20-15(22)5-4-10-19-16(18)21-11-2-1-3-12-21;/h6-9H,1-5,10-12H2,(H2,18,19)(H,20,22);1H. The molecule has 1 aromatic rings. The first-order chi connectivity index (χ1) is 10.6. The molecular formula is C16H24ClIN4O. The van der Waals surface area contributed by atoms with E-state index < -0.39 is 0 Å². The summed E-state index contributed by atoms with van der Waals surface area (Å²) in [4.78, 5) is 18.3. The molecule has 0 aliphatic carbocycles. The highest BCUT2D eigenvalue weighted by atomic mass is 127. The van der Waals surface area contributed by atoms with Gasteiger partial charge in [-0.15, -0.1) is 24.0 Å². The van der Waals surface area contributed by atoms with Gasteiger partial charge in [-0.3, -0.25) is 9.79 Å². The fourth-order valence-electron chi connectivity index (χ4n) is 2.41. The van der Waals surface area contributed by atoms with Crippen LogP contribution in [0, 0.1) is 0 Å². The number of aliphatic imine (C=N–C) groups is 1. The monoisotopic (exact) mass is 450 g/mol. The minimum Gasteiger partial charge on any atom is -0.370 e. The Labute approximate surface area is 159 Å². The zero-order chi connectivity index (χ0) is 15.8. The number of anilines is 1. The minimum atomic E-state index is -0.0194. The predicted octanol–water partition coefficient (Wildman–Crippen LogP) is 3.48. The summed E-state index contributed by atoms with van der Waals surface area (Å²) in [5, 5.41) is 3.49. The third kappa shape index (κ3) is 7.39. The van der Waals surface area contributed by atoms with E-state index in [4.69, 9.17) is 17.3 Å². The van der Waals surface area contributed by atoms with Crippen LogP contribution in [0.5, 0.6) is 0 Å². The van der Waals surface area contributed by atoms with Crippen molar-refractivity contribution in [2.45, 2.75) is 32.1 Å². The minimum absolute atomic E-state index is 0. The molecule has 0 unspecified atom stereocenters. The second-order valence-corrected chi connectivity index (χ2v) is 5.88. The fourth-order valence-corrected chi connectivity index (χ4v) is 2.54. The van der Waals surface area contributed by atoms with Crippen LogP contribution < -0.4 is 11.1 Å². The quantitative estimate of drug-likeness (QED) is 0.312. The number of benzene rings is 1. The number of nitrogens with two attached hydrogens (primary N) is 1. The number of nitrogens with zero attached hydrogens (tertiary/aromatic N) is 2. The van der Waals surface area contributed by atoms with Crippen molar-refractivity contribution in [1.82, 2.24) is 4.90 Å². The molecule has 3 N–H and O–H groups in total. The number of rotatable bonds is 5. The Morgan fingerprint density at radius 2 is 1.87 bits per heavy atom. The van der Waals surface area contributed by atoms with Gasteiger partial charge in [-0.1, -0.05) is 11.6 Å². The van der Waals surface area contributed by atoms with Gasteiger partial charge >= 0.3 is 0 Å². The summed E-state index contributed by atoms with van der Waals surface area (Å²) in [6.45, 7) is 2.56. The van der Waals surface area contributed by atoms with Gasteiger partial charge in [-0.2, -0.15) is 0 Å². The normalized spacial score (nSPS) is 15.0. The summed E-state index contributed by atoms with van der Waals surface area (Å²) in [6, 6.07) is 7.07. The Kier molecular flexibility index (Phi) is 9.31. The molecule has 0 saturated carbocycles. The summed E-state index contributed by atoms with van der Waals surface area (Å²) < 4.78 is 0. The third-order valence-electron chi connectivity index (χ3n) is 3.64. The number of carbonyl (C=O) groups is 1. The van der Waals surface area contributed by atoms with Gasteiger partial charge in [0.25, 0.3) is 0 Å². The molecule has 0 radical (unpaired) electrons. The van der Waals surface area contributed by atoms with E-state index in [1.165, 1.54) is 19.3 Å². The van der Waals surface area contributed by atoms with Crippen LogP contribution >= 0.6 is 35.6 Å². The summed E-state index contributed by atoms with van der Waals surface area (Å²) >= 11 is 5.80. The molecule has 1 heterocycles. The Hall–Kier alpha value is -1.02. The number of carbonyl (C=O) groups excluding carboxylic acids is 1. The van der Waals surface area contributed by atoms with Gasteiger partial charge in [0, 0.05) is 36.8 Å². The highest BCUT2D eigenvalue weighted by Crippen LogP contribution is 2.13. The Balaban J connectivity index is 0.00000264.